The van der Waals surface area contributed by atoms with Crippen molar-refractivity contribution in [2.75, 3.05) is 18.8 Å². The predicted molar refractivity (Wildman–Crippen MR) is 64.5 cm³/mol. The first-order chi connectivity index (χ1) is 6.25. The molecule has 0 aliphatic rings. The summed E-state index contributed by atoms with van der Waals surface area (Å²) < 4.78 is 0. The van der Waals surface area contributed by atoms with Gasteiger partial charge in [0, 0.05) is 19.3 Å². The predicted octanol–water partition coefficient (Wildman–Crippen LogP) is 0.196. The van der Waals surface area contributed by atoms with Crippen LogP contribution in [0, 0.1) is 0 Å². The number of carbonyl (C=O) groups excluding carboxylic acids is 1. The standard InChI is InChI=1S/C8H12N4O.2ClH/c9-3-5-12-8(13)7-6(10)2-1-4-11-7;;/h1-2,4H,3,5,9-10H2,(H,12,13);2*1H. The van der Waals surface area contributed by atoms with Crippen LogP contribution in [0.3, 0.4) is 0 Å². The maximum absolute atomic E-state index is 11.3. The van der Waals surface area contributed by atoms with E-state index in [-0.39, 0.29) is 36.4 Å². The number of amides is 1. The third-order valence-corrected chi connectivity index (χ3v) is 1.48. The number of hydrogen-bond donors (Lipinski definition) is 3. The molecule has 0 radical (unpaired) electrons. The first-order valence-corrected chi connectivity index (χ1v) is 3.94. The maximum atomic E-state index is 11.3. The van der Waals surface area contributed by atoms with Gasteiger partial charge >= 0.3 is 0 Å². The molecule has 7 heteroatoms. The molecule has 1 rings (SSSR count). The van der Waals surface area contributed by atoms with Crippen LogP contribution in [0.2, 0.25) is 0 Å². The van der Waals surface area contributed by atoms with Gasteiger partial charge in [-0.15, -0.1) is 24.8 Å². The monoisotopic (exact) mass is 252 g/mol. The third-order valence-electron chi connectivity index (χ3n) is 1.48. The zero-order valence-corrected chi connectivity index (χ0v) is 9.61. The minimum Gasteiger partial charge on any atom is -0.397 e. The minimum absolute atomic E-state index is 0. The second-order valence-corrected chi connectivity index (χ2v) is 2.49. The highest BCUT2D eigenvalue weighted by molar-refractivity contribution is 5.96. The molecule has 0 bridgehead atoms. The summed E-state index contributed by atoms with van der Waals surface area (Å²) in [6.45, 7) is 0.827. The van der Waals surface area contributed by atoms with Crippen LogP contribution < -0.4 is 16.8 Å². The smallest absolute Gasteiger partial charge is 0.272 e. The number of halogens is 2. The highest BCUT2D eigenvalue weighted by atomic mass is 35.5. The van der Waals surface area contributed by atoms with Crippen molar-refractivity contribution in [1.82, 2.24) is 10.3 Å². The van der Waals surface area contributed by atoms with E-state index < -0.39 is 0 Å². The van der Waals surface area contributed by atoms with Crippen LogP contribution in [0.5, 0.6) is 0 Å². The fourth-order valence-electron chi connectivity index (χ4n) is 0.877. The quantitative estimate of drug-likeness (QED) is 0.717. The highest BCUT2D eigenvalue weighted by Gasteiger charge is 2.08. The molecule has 0 unspecified atom stereocenters. The van der Waals surface area contributed by atoms with Crippen LogP contribution in [0.15, 0.2) is 18.3 Å². The zero-order chi connectivity index (χ0) is 9.68. The summed E-state index contributed by atoms with van der Waals surface area (Å²) in [6.07, 6.45) is 1.52. The first kappa shape index (κ1) is 16.4. The average Bonchev–Trinajstić information content (AvgIpc) is 2.15. The van der Waals surface area contributed by atoms with Gasteiger partial charge in [0.15, 0.2) is 5.69 Å². The molecule has 5 nitrogen and oxygen atoms in total. The van der Waals surface area contributed by atoms with E-state index in [2.05, 4.69) is 10.3 Å². The summed E-state index contributed by atoms with van der Waals surface area (Å²) in [5, 5.41) is 2.58. The molecule has 1 heterocycles. The molecule has 5 N–H and O–H groups in total. The van der Waals surface area contributed by atoms with Crippen molar-refractivity contribution in [2.45, 2.75) is 0 Å². The molecule has 86 valence electrons. The summed E-state index contributed by atoms with van der Waals surface area (Å²) in [4.78, 5) is 15.2. The highest BCUT2D eigenvalue weighted by Crippen LogP contribution is 2.05. The molecule has 1 amide bonds. The third kappa shape index (κ3) is 4.83. The number of pyridine rings is 1. The lowest BCUT2D eigenvalue weighted by atomic mass is 10.3. The van der Waals surface area contributed by atoms with Gasteiger partial charge in [0.05, 0.1) is 5.69 Å². The van der Waals surface area contributed by atoms with Crippen molar-refractivity contribution < 1.29 is 4.79 Å². The van der Waals surface area contributed by atoms with Crippen molar-refractivity contribution in [1.29, 1.82) is 0 Å². The van der Waals surface area contributed by atoms with E-state index in [0.717, 1.165) is 0 Å². The Hall–Kier alpha value is -1.04. The van der Waals surface area contributed by atoms with Crippen molar-refractivity contribution in [2.24, 2.45) is 5.73 Å². The van der Waals surface area contributed by atoms with Gasteiger partial charge in [0.1, 0.15) is 0 Å². The average molecular weight is 253 g/mol. The zero-order valence-electron chi connectivity index (χ0n) is 7.97. The van der Waals surface area contributed by atoms with E-state index in [9.17, 15) is 4.79 Å². The Morgan fingerprint density at radius 3 is 2.67 bits per heavy atom. The number of nitrogens with zero attached hydrogens (tertiary/aromatic N) is 1. The Morgan fingerprint density at radius 2 is 2.13 bits per heavy atom. The van der Waals surface area contributed by atoms with Crippen LogP contribution in [0.25, 0.3) is 0 Å². The lowest BCUT2D eigenvalue weighted by Gasteiger charge is -2.04. The van der Waals surface area contributed by atoms with E-state index in [1.165, 1.54) is 6.20 Å². The Bertz CT molecular complexity index is 308. The van der Waals surface area contributed by atoms with Gasteiger partial charge in [-0.1, -0.05) is 0 Å². The summed E-state index contributed by atoms with van der Waals surface area (Å²) >= 11 is 0. The normalized spacial score (nSPS) is 8.33. The van der Waals surface area contributed by atoms with Crippen molar-refractivity contribution in [3.8, 4) is 0 Å². The van der Waals surface area contributed by atoms with Crippen LogP contribution in [-0.2, 0) is 0 Å². The van der Waals surface area contributed by atoms with Gasteiger partial charge in [-0.25, -0.2) is 4.98 Å². The molecular weight excluding hydrogens is 239 g/mol. The van der Waals surface area contributed by atoms with Crippen LogP contribution in [0.4, 0.5) is 5.69 Å². The molecule has 0 fully saturated rings. The Balaban J connectivity index is 0. The number of nitrogens with two attached hydrogens (primary N) is 2. The lowest BCUT2D eigenvalue weighted by Crippen LogP contribution is -2.30. The van der Waals surface area contributed by atoms with E-state index in [4.69, 9.17) is 11.5 Å². The van der Waals surface area contributed by atoms with E-state index in [1.54, 1.807) is 12.1 Å². The second-order valence-electron chi connectivity index (χ2n) is 2.49. The van der Waals surface area contributed by atoms with Crippen LogP contribution >= 0.6 is 24.8 Å². The van der Waals surface area contributed by atoms with Crippen molar-refractivity contribution in [3.05, 3.63) is 24.0 Å². The number of rotatable bonds is 3. The Labute approximate surface area is 100 Å². The van der Waals surface area contributed by atoms with Gasteiger partial charge in [-0.3, -0.25) is 4.79 Å². The fraction of sp³-hybridized carbons (Fsp3) is 0.250. The number of nitrogens with one attached hydrogen (secondary N) is 1. The number of hydrogen-bond acceptors (Lipinski definition) is 4. The number of nitrogen functional groups attached to an aromatic ring is 1. The van der Waals surface area contributed by atoms with Crippen LogP contribution in [0.1, 0.15) is 10.5 Å². The van der Waals surface area contributed by atoms with Crippen molar-refractivity contribution >= 4 is 36.4 Å². The van der Waals surface area contributed by atoms with E-state index in [0.29, 0.717) is 18.8 Å². The molecule has 0 atom stereocenters. The fourth-order valence-corrected chi connectivity index (χ4v) is 0.877. The van der Waals surface area contributed by atoms with Crippen LogP contribution in [-0.4, -0.2) is 24.0 Å². The number of aromatic nitrogens is 1. The Morgan fingerprint density at radius 1 is 1.47 bits per heavy atom. The number of carbonyl (C=O) groups is 1. The molecule has 0 aromatic carbocycles. The molecule has 0 aliphatic carbocycles. The molecule has 0 spiro atoms. The summed E-state index contributed by atoms with van der Waals surface area (Å²) in [5.74, 6) is -0.288. The summed E-state index contributed by atoms with van der Waals surface area (Å²) in [7, 11) is 0. The largest absolute Gasteiger partial charge is 0.397 e. The molecule has 1 aromatic heterocycles. The van der Waals surface area contributed by atoms with Gasteiger partial charge in [0.2, 0.25) is 0 Å². The molecule has 0 saturated heterocycles. The maximum Gasteiger partial charge on any atom is 0.272 e. The van der Waals surface area contributed by atoms with E-state index >= 15 is 0 Å². The van der Waals surface area contributed by atoms with E-state index in [1.807, 2.05) is 0 Å². The SMILES string of the molecule is Cl.Cl.NCCNC(=O)c1ncccc1N. The van der Waals surface area contributed by atoms with Gasteiger partial charge < -0.3 is 16.8 Å². The lowest BCUT2D eigenvalue weighted by molar-refractivity contribution is 0.0951. The summed E-state index contributed by atoms with van der Waals surface area (Å²) in [6, 6.07) is 3.30. The van der Waals surface area contributed by atoms with Gasteiger partial charge in [-0.05, 0) is 12.1 Å². The molecular formula is C8H14Cl2N4O. The molecule has 0 aliphatic heterocycles. The van der Waals surface area contributed by atoms with Gasteiger partial charge in [-0.2, -0.15) is 0 Å². The topological polar surface area (TPSA) is 94.0 Å². The van der Waals surface area contributed by atoms with Gasteiger partial charge in [0.25, 0.3) is 5.91 Å². The number of anilines is 1. The molecule has 0 saturated carbocycles. The minimum atomic E-state index is -0.288. The second kappa shape index (κ2) is 8.28. The Kier molecular flexibility index (Phi) is 9.05. The molecule has 1 aromatic rings. The molecule has 15 heavy (non-hydrogen) atoms. The van der Waals surface area contributed by atoms with Crippen molar-refractivity contribution in [3.63, 3.8) is 0 Å². The summed E-state index contributed by atoms with van der Waals surface area (Å²) in [5.41, 5.74) is 11.4. The first-order valence-electron chi connectivity index (χ1n) is 3.94.